The molecule has 11 nitrogen and oxygen atoms in total. The number of hydrogen-bond acceptors (Lipinski definition) is 8. The zero-order valence-electron chi connectivity index (χ0n) is 17.0. The summed E-state index contributed by atoms with van der Waals surface area (Å²) in [6, 6.07) is -0.736. The molecule has 3 amide bonds. The van der Waals surface area contributed by atoms with Crippen LogP contribution < -0.4 is 15.5 Å². The standard InChI is InChI=1S/C19H28N6O5/c1-30-17-10-20-9-16(22-17)23-18(27)15-6-7-21-25(15)19(28)14(11-24(29)12-26)8-13-4-2-3-5-13/h9-10,12-15,21,29H,2-8,11H2,1H3,(H,22,23,27)/t14-,15+/m1/s1. The number of methoxy groups -OCH3 is 1. The largest absolute Gasteiger partial charge is 0.480 e. The number of amides is 3. The number of ether oxygens (including phenoxy) is 1. The Kier molecular flexibility index (Phi) is 7.52. The van der Waals surface area contributed by atoms with E-state index in [1.165, 1.54) is 24.5 Å². The van der Waals surface area contributed by atoms with Crippen LogP contribution in [0.2, 0.25) is 0 Å². The molecule has 1 aromatic rings. The molecule has 0 bridgehead atoms. The summed E-state index contributed by atoms with van der Waals surface area (Å²) >= 11 is 0. The number of aromatic nitrogens is 2. The highest BCUT2D eigenvalue weighted by Crippen LogP contribution is 2.31. The van der Waals surface area contributed by atoms with Crippen LogP contribution >= 0.6 is 0 Å². The van der Waals surface area contributed by atoms with E-state index in [4.69, 9.17) is 4.74 Å². The molecule has 0 radical (unpaired) electrons. The van der Waals surface area contributed by atoms with E-state index in [0.29, 0.717) is 30.4 Å². The Morgan fingerprint density at radius 1 is 1.40 bits per heavy atom. The smallest absolute Gasteiger partial charge is 0.250 e. The second-order valence-corrected chi connectivity index (χ2v) is 7.67. The van der Waals surface area contributed by atoms with Crippen molar-refractivity contribution in [2.24, 2.45) is 11.8 Å². The molecule has 3 N–H and O–H groups in total. The van der Waals surface area contributed by atoms with Crippen LogP contribution in [-0.4, -0.2) is 69.7 Å². The van der Waals surface area contributed by atoms with Crippen molar-refractivity contribution in [1.29, 1.82) is 0 Å². The summed E-state index contributed by atoms with van der Waals surface area (Å²) in [4.78, 5) is 45.0. The number of hydroxylamine groups is 2. The molecule has 3 rings (SSSR count). The lowest BCUT2D eigenvalue weighted by Gasteiger charge is -2.29. The van der Waals surface area contributed by atoms with E-state index in [2.05, 4.69) is 20.7 Å². The van der Waals surface area contributed by atoms with Crippen LogP contribution in [-0.2, 0) is 14.4 Å². The Bertz CT molecular complexity index is 757. The normalized spacial score (nSPS) is 20.1. The van der Waals surface area contributed by atoms with Crippen LogP contribution in [0.15, 0.2) is 12.4 Å². The zero-order valence-corrected chi connectivity index (χ0v) is 17.0. The first-order chi connectivity index (χ1) is 14.5. The lowest BCUT2D eigenvalue weighted by atomic mass is 9.92. The van der Waals surface area contributed by atoms with Gasteiger partial charge in [-0.25, -0.2) is 10.5 Å². The molecule has 1 aliphatic carbocycles. The van der Waals surface area contributed by atoms with Gasteiger partial charge in [0.1, 0.15) is 6.04 Å². The van der Waals surface area contributed by atoms with Crippen molar-refractivity contribution in [3.8, 4) is 5.88 Å². The second-order valence-electron chi connectivity index (χ2n) is 7.67. The minimum absolute atomic E-state index is 0.104. The van der Waals surface area contributed by atoms with Crippen LogP contribution in [0.5, 0.6) is 5.88 Å². The zero-order chi connectivity index (χ0) is 21.5. The maximum Gasteiger partial charge on any atom is 0.250 e. The van der Waals surface area contributed by atoms with Gasteiger partial charge < -0.3 is 10.1 Å². The van der Waals surface area contributed by atoms with Gasteiger partial charge in [0.25, 0.3) is 0 Å². The van der Waals surface area contributed by atoms with Crippen LogP contribution in [0.4, 0.5) is 5.82 Å². The lowest BCUT2D eigenvalue weighted by Crippen LogP contribution is -2.51. The summed E-state index contributed by atoms with van der Waals surface area (Å²) in [6.07, 6.45) is 8.41. The van der Waals surface area contributed by atoms with Gasteiger partial charge in [-0.3, -0.25) is 29.6 Å². The predicted molar refractivity (Wildman–Crippen MR) is 105 cm³/mol. The van der Waals surface area contributed by atoms with E-state index in [1.807, 2.05) is 0 Å². The van der Waals surface area contributed by atoms with Gasteiger partial charge >= 0.3 is 0 Å². The van der Waals surface area contributed by atoms with Crippen molar-refractivity contribution < 1.29 is 24.3 Å². The summed E-state index contributed by atoms with van der Waals surface area (Å²) in [5, 5.41) is 14.2. The molecule has 1 saturated heterocycles. The van der Waals surface area contributed by atoms with Gasteiger partial charge in [-0.2, -0.15) is 4.98 Å². The van der Waals surface area contributed by atoms with Crippen molar-refractivity contribution in [3.63, 3.8) is 0 Å². The van der Waals surface area contributed by atoms with Crippen molar-refractivity contribution in [2.45, 2.75) is 44.6 Å². The maximum absolute atomic E-state index is 13.2. The fourth-order valence-electron chi connectivity index (χ4n) is 4.12. The average molecular weight is 420 g/mol. The number of hydrazine groups is 1. The maximum atomic E-state index is 13.2. The van der Waals surface area contributed by atoms with E-state index < -0.39 is 17.9 Å². The summed E-state index contributed by atoms with van der Waals surface area (Å²) in [5.74, 6) is -0.437. The molecule has 2 fully saturated rings. The van der Waals surface area contributed by atoms with E-state index >= 15 is 0 Å². The predicted octanol–water partition coefficient (Wildman–Crippen LogP) is 0.573. The lowest BCUT2D eigenvalue weighted by molar-refractivity contribution is -0.159. The van der Waals surface area contributed by atoms with E-state index in [0.717, 1.165) is 25.7 Å². The Morgan fingerprint density at radius 2 is 2.17 bits per heavy atom. The molecule has 164 valence electrons. The van der Waals surface area contributed by atoms with Gasteiger partial charge in [-0.05, 0) is 18.8 Å². The Labute approximate surface area is 174 Å². The molecule has 1 aromatic heterocycles. The third-order valence-electron chi connectivity index (χ3n) is 5.60. The molecule has 2 aliphatic rings. The minimum atomic E-state index is -0.736. The summed E-state index contributed by atoms with van der Waals surface area (Å²) < 4.78 is 5.00. The fourth-order valence-corrected chi connectivity index (χ4v) is 4.12. The molecular formula is C19H28N6O5. The molecule has 2 atom stereocenters. The van der Waals surface area contributed by atoms with Gasteiger partial charge in [0.05, 0.1) is 32.0 Å². The van der Waals surface area contributed by atoms with Crippen molar-refractivity contribution in [3.05, 3.63) is 12.4 Å². The van der Waals surface area contributed by atoms with Gasteiger partial charge in [-0.15, -0.1) is 0 Å². The average Bonchev–Trinajstić information content (AvgIpc) is 3.44. The minimum Gasteiger partial charge on any atom is -0.480 e. The van der Waals surface area contributed by atoms with Crippen molar-refractivity contribution in [2.75, 3.05) is 25.5 Å². The molecule has 0 aromatic carbocycles. The van der Waals surface area contributed by atoms with Gasteiger partial charge in [-0.1, -0.05) is 25.7 Å². The van der Waals surface area contributed by atoms with Crippen LogP contribution in [0.3, 0.4) is 0 Å². The SMILES string of the molecule is COc1cncc(NC(=O)[C@@H]2CCNN2C(=O)[C@H](CC2CCCC2)CN(O)C=O)n1. The Balaban J connectivity index is 1.69. The van der Waals surface area contributed by atoms with Crippen LogP contribution in [0, 0.1) is 11.8 Å². The first-order valence-electron chi connectivity index (χ1n) is 10.2. The highest BCUT2D eigenvalue weighted by atomic mass is 16.5. The highest BCUT2D eigenvalue weighted by molar-refractivity contribution is 5.97. The van der Waals surface area contributed by atoms with Gasteiger partial charge in [0, 0.05) is 6.54 Å². The Morgan fingerprint density at radius 3 is 2.87 bits per heavy atom. The van der Waals surface area contributed by atoms with E-state index in [1.54, 1.807) is 0 Å². The number of rotatable bonds is 9. The summed E-state index contributed by atoms with van der Waals surface area (Å²) in [5.41, 5.74) is 2.97. The molecule has 1 saturated carbocycles. The van der Waals surface area contributed by atoms with Crippen LogP contribution in [0.25, 0.3) is 0 Å². The summed E-state index contributed by atoms with van der Waals surface area (Å²) in [6.45, 7) is 0.354. The number of carbonyl (C=O) groups is 3. The molecule has 0 unspecified atom stereocenters. The third kappa shape index (κ3) is 5.42. The van der Waals surface area contributed by atoms with E-state index in [9.17, 15) is 19.6 Å². The number of nitrogens with one attached hydrogen (secondary N) is 2. The highest BCUT2D eigenvalue weighted by Gasteiger charge is 2.39. The number of carbonyl (C=O) groups excluding carboxylic acids is 3. The number of hydrogen-bond donors (Lipinski definition) is 3. The molecule has 1 aliphatic heterocycles. The van der Waals surface area contributed by atoms with Crippen LogP contribution in [0.1, 0.15) is 38.5 Å². The van der Waals surface area contributed by atoms with Crippen molar-refractivity contribution in [1.82, 2.24) is 25.5 Å². The molecule has 2 heterocycles. The van der Waals surface area contributed by atoms with Gasteiger partial charge in [0.15, 0.2) is 5.82 Å². The fraction of sp³-hybridized carbons (Fsp3) is 0.632. The summed E-state index contributed by atoms with van der Waals surface area (Å²) in [7, 11) is 1.45. The molecular weight excluding hydrogens is 392 g/mol. The molecule has 30 heavy (non-hydrogen) atoms. The molecule has 11 heteroatoms. The second kappa shape index (κ2) is 10.3. The monoisotopic (exact) mass is 420 g/mol. The van der Waals surface area contributed by atoms with E-state index in [-0.39, 0.29) is 30.6 Å². The third-order valence-corrected chi connectivity index (χ3v) is 5.60. The topological polar surface area (TPSA) is 137 Å². The van der Waals surface area contributed by atoms with Crippen molar-refractivity contribution >= 4 is 24.0 Å². The molecule has 0 spiro atoms. The Hall–Kier alpha value is -2.79. The van der Waals surface area contributed by atoms with Gasteiger partial charge in [0.2, 0.25) is 24.1 Å². The number of nitrogens with zero attached hydrogens (tertiary/aromatic N) is 4. The first-order valence-corrected chi connectivity index (χ1v) is 10.2. The number of anilines is 1. The first kappa shape index (κ1) is 21.9. The quantitative estimate of drug-likeness (QED) is 0.300.